The molecule has 0 aromatic heterocycles. The average Bonchev–Trinajstić information content (AvgIpc) is 2.89. The molecule has 1 heterocycles. The van der Waals surface area contributed by atoms with E-state index in [2.05, 4.69) is 0 Å². The molecule has 14 nitrogen and oxygen atoms in total. The molecule has 0 spiro atoms. The number of carbonyl (C=O) groups excluding carboxylic acids is 6. The van der Waals surface area contributed by atoms with Crippen LogP contribution in [0.4, 0.5) is 0 Å². The Hall–Kier alpha value is -4.04. The van der Waals surface area contributed by atoms with Crippen LogP contribution in [0, 0.1) is 0 Å². The summed E-state index contributed by atoms with van der Waals surface area (Å²) < 4.78 is 43.5. The molecular weight excluding hydrogens is 548 g/mol. The van der Waals surface area contributed by atoms with Crippen LogP contribution in [0.5, 0.6) is 0 Å². The molecule has 14 heteroatoms. The number of carbonyl (C=O) groups is 6. The van der Waals surface area contributed by atoms with E-state index in [9.17, 15) is 28.8 Å². The van der Waals surface area contributed by atoms with E-state index in [1.54, 1.807) is 30.3 Å². The third-order valence-electron chi connectivity index (χ3n) is 5.72. The Morgan fingerprint density at radius 3 is 1.95 bits per heavy atom. The standard InChI is InChI=1S/C27H34O14/c1-15(28)35-14-22(38-17(3)30)24(40-19(5)32)25-23(39-18(4)31)21(37-16(2)29)12-27(34-6,41-25)26(33)36-13-20-10-8-7-9-11-20/h7-11,21-25H,12-14H2,1-6H3/t21-,22-,23+,24+,25+,27+/m0/s1. The maximum absolute atomic E-state index is 13.5. The number of hydrogen-bond acceptors (Lipinski definition) is 14. The third kappa shape index (κ3) is 9.83. The summed E-state index contributed by atoms with van der Waals surface area (Å²) in [4.78, 5) is 73.3. The molecule has 0 unspecified atom stereocenters. The summed E-state index contributed by atoms with van der Waals surface area (Å²) in [5.74, 6) is -7.48. The van der Waals surface area contributed by atoms with E-state index in [0.29, 0.717) is 5.56 Å². The van der Waals surface area contributed by atoms with Crippen molar-refractivity contribution in [3.63, 3.8) is 0 Å². The van der Waals surface area contributed by atoms with Gasteiger partial charge in [0.1, 0.15) is 25.4 Å². The minimum atomic E-state index is -2.28. The zero-order valence-electron chi connectivity index (χ0n) is 23.6. The second kappa shape index (κ2) is 15.1. The molecule has 6 atom stereocenters. The van der Waals surface area contributed by atoms with Gasteiger partial charge in [0.15, 0.2) is 18.3 Å². The molecule has 2 rings (SSSR count). The van der Waals surface area contributed by atoms with Gasteiger partial charge in [-0.15, -0.1) is 0 Å². The topological polar surface area (TPSA) is 176 Å². The van der Waals surface area contributed by atoms with E-state index >= 15 is 0 Å². The van der Waals surface area contributed by atoms with Gasteiger partial charge in [0, 0.05) is 41.7 Å². The van der Waals surface area contributed by atoms with Gasteiger partial charge in [0.2, 0.25) is 0 Å². The van der Waals surface area contributed by atoms with Crippen molar-refractivity contribution in [3.8, 4) is 0 Å². The molecule has 0 aliphatic carbocycles. The van der Waals surface area contributed by atoms with Crippen molar-refractivity contribution < 1.29 is 66.7 Å². The minimum Gasteiger partial charge on any atom is -0.462 e. The number of esters is 6. The summed E-state index contributed by atoms with van der Waals surface area (Å²) in [6.07, 6.45) is -8.28. The number of ether oxygens (including phenoxy) is 8. The highest BCUT2D eigenvalue weighted by Crippen LogP contribution is 2.38. The fourth-order valence-corrected chi connectivity index (χ4v) is 4.17. The van der Waals surface area contributed by atoms with Crippen LogP contribution in [-0.4, -0.2) is 85.8 Å². The molecule has 0 radical (unpaired) electrons. The lowest BCUT2D eigenvalue weighted by Crippen LogP contribution is -2.66. The summed E-state index contributed by atoms with van der Waals surface area (Å²) in [6.45, 7) is 4.55. The zero-order valence-corrected chi connectivity index (χ0v) is 23.6. The van der Waals surface area contributed by atoms with E-state index in [4.69, 9.17) is 37.9 Å². The summed E-state index contributed by atoms with van der Waals surface area (Å²) >= 11 is 0. The number of benzene rings is 1. The molecule has 0 bridgehead atoms. The molecule has 1 aliphatic rings. The molecule has 41 heavy (non-hydrogen) atoms. The number of rotatable bonds is 12. The maximum atomic E-state index is 13.5. The molecule has 0 saturated carbocycles. The van der Waals surface area contributed by atoms with Crippen molar-refractivity contribution >= 4 is 35.8 Å². The van der Waals surface area contributed by atoms with Gasteiger partial charge in [0.05, 0.1) is 6.42 Å². The molecule has 1 aromatic rings. The second-order valence-corrected chi connectivity index (χ2v) is 9.05. The minimum absolute atomic E-state index is 0.180. The largest absolute Gasteiger partial charge is 0.462 e. The molecule has 1 saturated heterocycles. The van der Waals surface area contributed by atoms with Gasteiger partial charge in [0.25, 0.3) is 5.79 Å². The van der Waals surface area contributed by atoms with Crippen molar-refractivity contribution in [1.29, 1.82) is 0 Å². The molecule has 0 N–H and O–H groups in total. The van der Waals surface area contributed by atoms with E-state index in [1.165, 1.54) is 0 Å². The number of hydrogen-bond donors (Lipinski definition) is 0. The lowest BCUT2D eigenvalue weighted by atomic mass is 9.90. The smallest absolute Gasteiger partial charge is 0.367 e. The fraction of sp³-hybridized carbons (Fsp3) is 0.556. The van der Waals surface area contributed by atoms with Crippen LogP contribution in [0.25, 0.3) is 0 Å². The average molecular weight is 583 g/mol. The van der Waals surface area contributed by atoms with Crippen LogP contribution in [-0.2, 0) is 73.3 Å². The Morgan fingerprint density at radius 2 is 1.44 bits per heavy atom. The van der Waals surface area contributed by atoms with Crippen LogP contribution in [0.3, 0.4) is 0 Å². The van der Waals surface area contributed by atoms with E-state index in [1.807, 2.05) is 0 Å². The molecule has 0 amide bonds. The van der Waals surface area contributed by atoms with Crippen LogP contribution < -0.4 is 0 Å². The summed E-state index contributed by atoms with van der Waals surface area (Å²) in [5.41, 5.74) is 0.642. The molecule has 1 aromatic carbocycles. The van der Waals surface area contributed by atoms with E-state index in [0.717, 1.165) is 41.7 Å². The Balaban J connectivity index is 2.62. The van der Waals surface area contributed by atoms with Crippen molar-refractivity contribution in [3.05, 3.63) is 35.9 Å². The first-order chi connectivity index (χ1) is 19.3. The Labute approximate surface area is 236 Å². The lowest BCUT2D eigenvalue weighted by Gasteiger charge is -2.47. The van der Waals surface area contributed by atoms with Crippen molar-refractivity contribution in [2.45, 2.75) is 84.0 Å². The van der Waals surface area contributed by atoms with E-state index < -0.39 is 85.2 Å². The Morgan fingerprint density at radius 1 is 0.829 bits per heavy atom. The summed E-state index contributed by atoms with van der Waals surface area (Å²) in [6, 6.07) is 8.69. The quantitative estimate of drug-likeness (QED) is 0.253. The highest BCUT2D eigenvalue weighted by molar-refractivity contribution is 5.78. The predicted molar refractivity (Wildman–Crippen MR) is 134 cm³/mol. The predicted octanol–water partition coefficient (Wildman–Crippen LogP) is 1.15. The van der Waals surface area contributed by atoms with Crippen LogP contribution in [0.1, 0.15) is 46.6 Å². The number of methoxy groups -OCH3 is 1. The van der Waals surface area contributed by atoms with Crippen molar-refractivity contribution in [2.75, 3.05) is 13.7 Å². The van der Waals surface area contributed by atoms with Crippen LogP contribution in [0.2, 0.25) is 0 Å². The van der Waals surface area contributed by atoms with Crippen LogP contribution in [0.15, 0.2) is 30.3 Å². The monoisotopic (exact) mass is 582 g/mol. The Kier molecular flexibility index (Phi) is 12.2. The Bertz CT molecular complexity index is 1100. The van der Waals surface area contributed by atoms with Crippen molar-refractivity contribution in [1.82, 2.24) is 0 Å². The van der Waals surface area contributed by atoms with Crippen molar-refractivity contribution in [2.24, 2.45) is 0 Å². The first-order valence-corrected chi connectivity index (χ1v) is 12.5. The van der Waals surface area contributed by atoms with Gasteiger partial charge in [-0.3, -0.25) is 24.0 Å². The lowest BCUT2D eigenvalue weighted by molar-refractivity contribution is -0.325. The maximum Gasteiger partial charge on any atom is 0.367 e. The SMILES string of the molecule is CO[C@]1(C(=O)OCc2ccccc2)C[C@H](OC(C)=O)[C@@H](OC(C)=O)[C@H]([C@H](OC(C)=O)[C@H](COC(C)=O)OC(C)=O)O1. The second-order valence-electron chi connectivity index (χ2n) is 9.05. The summed E-state index contributed by atoms with van der Waals surface area (Å²) in [5, 5.41) is 0. The molecular formula is C27H34O14. The highest BCUT2D eigenvalue weighted by atomic mass is 16.7. The molecule has 1 fully saturated rings. The summed E-state index contributed by atoms with van der Waals surface area (Å²) in [7, 11) is 1.13. The van der Waals surface area contributed by atoms with Gasteiger partial charge < -0.3 is 37.9 Å². The van der Waals surface area contributed by atoms with Gasteiger partial charge in [-0.05, 0) is 5.56 Å². The van der Waals surface area contributed by atoms with Gasteiger partial charge in [-0.1, -0.05) is 30.3 Å². The molecule has 1 aliphatic heterocycles. The third-order valence-corrected chi connectivity index (χ3v) is 5.72. The molecule has 226 valence electrons. The van der Waals surface area contributed by atoms with Crippen LogP contribution >= 0.6 is 0 Å². The fourth-order valence-electron chi connectivity index (χ4n) is 4.17. The highest BCUT2D eigenvalue weighted by Gasteiger charge is 2.60. The first-order valence-electron chi connectivity index (χ1n) is 12.5. The van der Waals surface area contributed by atoms with Gasteiger partial charge in [-0.2, -0.15) is 0 Å². The first kappa shape index (κ1) is 33.2. The van der Waals surface area contributed by atoms with E-state index in [-0.39, 0.29) is 6.61 Å². The van der Waals surface area contributed by atoms with Gasteiger partial charge >= 0.3 is 35.8 Å². The van der Waals surface area contributed by atoms with Gasteiger partial charge in [-0.25, -0.2) is 4.79 Å². The normalized spacial score (nSPS) is 23.2. The zero-order chi connectivity index (χ0) is 30.7.